The molecule has 1 aliphatic heterocycles. The Labute approximate surface area is 92.5 Å². The van der Waals surface area contributed by atoms with Gasteiger partial charge in [-0.05, 0) is 39.2 Å². The van der Waals surface area contributed by atoms with E-state index in [9.17, 15) is 9.90 Å². The van der Waals surface area contributed by atoms with E-state index in [2.05, 4.69) is 11.8 Å². The molecule has 3 heteroatoms. The largest absolute Gasteiger partial charge is 0.481 e. The van der Waals surface area contributed by atoms with E-state index >= 15 is 0 Å². The molecule has 0 aromatic rings. The summed E-state index contributed by atoms with van der Waals surface area (Å²) in [6, 6.07) is 0.607. The SMILES string of the molecule is CCC1CCCN1CC(C)(CC)C(=O)O. The lowest BCUT2D eigenvalue weighted by Crippen LogP contribution is -2.42. The second kappa shape index (κ2) is 4.97. The van der Waals surface area contributed by atoms with Gasteiger partial charge in [0.1, 0.15) is 0 Å². The Bertz CT molecular complexity index is 230. The Morgan fingerprint density at radius 2 is 2.20 bits per heavy atom. The van der Waals surface area contributed by atoms with Gasteiger partial charge in [0.2, 0.25) is 0 Å². The van der Waals surface area contributed by atoms with E-state index in [4.69, 9.17) is 0 Å². The molecule has 0 aromatic carbocycles. The molecule has 2 unspecified atom stereocenters. The van der Waals surface area contributed by atoms with Crippen LogP contribution in [-0.4, -0.2) is 35.1 Å². The normalized spacial score (nSPS) is 26.5. The van der Waals surface area contributed by atoms with Crippen molar-refractivity contribution in [1.82, 2.24) is 4.90 Å². The number of likely N-dealkylation sites (tertiary alicyclic amines) is 1. The van der Waals surface area contributed by atoms with Gasteiger partial charge in [-0.1, -0.05) is 13.8 Å². The molecule has 1 heterocycles. The maximum Gasteiger partial charge on any atom is 0.310 e. The van der Waals surface area contributed by atoms with Crippen molar-refractivity contribution in [3.8, 4) is 0 Å². The third-order valence-corrected chi connectivity index (χ3v) is 3.82. The number of hydrogen-bond acceptors (Lipinski definition) is 2. The number of carboxylic acids is 1. The standard InChI is InChI=1S/C12H23NO2/c1-4-10-7-6-8-13(10)9-12(3,5-2)11(14)15/h10H,4-9H2,1-3H3,(H,14,15). The van der Waals surface area contributed by atoms with Crippen LogP contribution in [0.4, 0.5) is 0 Å². The van der Waals surface area contributed by atoms with Crippen LogP contribution in [0.15, 0.2) is 0 Å². The number of carboxylic acid groups (broad SMARTS) is 1. The highest BCUT2D eigenvalue weighted by Gasteiger charge is 2.36. The summed E-state index contributed by atoms with van der Waals surface area (Å²) in [4.78, 5) is 13.6. The minimum Gasteiger partial charge on any atom is -0.481 e. The molecule has 0 amide bonds. The van der Waals surface area contributed by atoms with Crippen molar-refractivity contribution in [1.29, 1.82) is 0 Å². The van der Waals surface area contributed by atoms with Crippen LogP contribution in [0.2, 0.25) is 0 Å². The third kappa shape index (κ3) is 2.71. The van der Waals surface area contributed by atoms with E-state index in [-0.39, 0.29) is 0 Å². The number of nitrogens with zero attached hydrogens (tertiary/aromatic N) is 1. The zero-order valence-electron chi connectivity index (χ0n) is 10.1. The first-order valence-corrected chi connectivity index (χ1v) is 6.01. The molecule has 2 atom stereocenters. The Balaban J connectivity index is 2.62. The first-order valence-electron chi connectivity index (χ1n) is 6.01. The maximum atomic E-state index is 11.2. The Kier molecular flexibility index (Phi) is 4.14. The molecular weight excluding hydrogens is 190 g/mol. The predicted molar refractivity (Wildman–Crippen MR) is 60.9 cm³/mol. The summed E-state index contributed by atoms with van der Waals surface area (Å²) in [6.45, 7) is 7.79. The average Bonchev–Trinajstić information content (AvgIpc) is 2.64. The summed E-state index contributed by atoms with van der Waals surface area (Å²) in [5.41, 5.74) is -0.572. The van der Waals surface area contributed by atoms with Crippen LogP contribution in [0.25, 0.3) is 0 Å². The molecule has 0 bridgehead atoms. The molecule has 3 nitrogen and oxygen atoms in total. The van der Waals surface area contributed by atoms with Gasteiger partial charge in [0.05, 0.1) is 5.41 Å². The molecule has 1 fully saturated rings. The van der Waals surface area contributed by atoms with E-state index in [1.54, 1.807) is 0 Å². The molecule has 0 spiro atoms. The fourth-order valence-corrected chi connectivity index (χ4v) is 2.34. The molecule has 0 aliphatic carbocycles. The third-order valence-electron chi connectivity index (χ3n) is 3.82. The van der Waals surface area contributed by atoms with Gasteiger partial charge in [0.25, 0.3) is 0 Å². The zero-order valence-corrected chi connectivity index (χ0v) is 10.1. The van der Waals surface area contributed by atoms with Gasteiger partial charge in [0.15, 0.2) is 0 Å². The minimum absolute atomic E-state index is 0.572. The summed E-state index contributed by atoms with van der Waals surface area (Å²) in [7, 11) is 0. The molecule has 88 valence electrons. The molecular formula is C12H23NO2. The van der Waals surface area contributed by atoms with Gasteiger partial charge >= 0.3 is 5.97 Å². The Hall–Kier alpha value is -0.570. The van der Waals surface area contributed by atoms with Crippen LogP contribution in [0.5, 0.6) is 0 Å². The second-order valence-corrected chi connectivity index (χ2v) is 4.89. The minimum atomic E-state index is -0.660. The van der Waals surface area contributed by atoms with Gasteiger partial charge < -0.3 is 5.11 Å². The molecule has 15 heavy (non-hydrogen) atoms. The average molecular weight is 213 g/mol. The van der Waals surface area contributed by atoms with E-state index in [1.807, 2.05) is 13.8 Å². The lowest BCUT2D eigenvalue weighted by Gasteiger charge is -2.32. The van der Waals surface area contributed by atoms with Crippen LogP contribution >= 0.6 is 0 Å². The summed E-state index contributed by atoms with van der Waals surface area (Å²) in [5.74, 6) is -0.660. The number of aliphatic carboxylic acids is 1. The van der Waals surface area contributed by atoms with Crippen molar-refractivity contribution in [2.45, 2.75) is 52.5 Å². The summed E-state index contributed by atoms with van der Waals surface area (Å²) >= 11 is 0. The smallest absolute Gasteiger partial charge is 0.310 e. The fourth-order valence-electron chi connectivity index (χ4n) is 2.34. The van der Waals surface area contributed by atoms with E-state index in [1.165, 1.54) is 12.8 Å². The lowest BCUT2D eigenvalue weighted by molar-refractivity contribution is -0.149. The second-order valence-electron chi connectivity index (χ2n) is 4.89. The van der Waals surface area contributed by atoms with Crippen molar-refractivity contribution >= 4 is 5.97 Å². The highest BCUT2D eigenvalue weighted by molar-refractivity contribution is 5.74. The van der Waals surface area contributed by atoms with Gasteiger partial charge in [-0.15, -0.1) is 0 Å². The Morgan fingerprint density at radius 1 is 1.53 bits per heavy atom. The van der Waals surface area contributed by atoms with E-state index in [0.29, 0.717) is 19.0 Å². The number of carbonyl (C=O) groups is 1. The van der Waals surface area contributed by atoms with Crippen LogP contribution in [0.1, 0.15) is 46.5 Å². The van der Waals surface area contributed by atoms with Crippen molar-refractivity contribution < 1.29 is 9.90 Å². The summed E-state index contributed by atoms with van der Waals surface area (Å²) in [6.07, 6.45) is 4.29. The number of rotatable bonds is 5. The quantitative estimate of drug-likeness (QED) is 0.762. The molecule has 1 rings (SSSR count). The monoisotopic (exact) mass is 213 g/mol. The molecule has 0 saturated carbocycles. The van der Waals surface area contributed by atoms with Crippen molar-refractivity contribution in [3.05, 3.63) is 0 Å². The lowest BCUT2D eigenvalue weighted by atomic mass is 9.87. The van der Waals surface area contributed by atoms with Gasteiger partial charge in [-0.25, -0.2) is 0 Å². The van der Waals surface area contributed by atoms with Crippen LogP contribution in [0, 0.1) is 5.41 Å². The van der Waals surface area contributed by atoms with Gasteiger partial charge in [-0.3, -0.25) is 9.69 Å². The van der Waals surface area contributed by atoms with E-state index < -0.39 is 11.4 Å². The van der Waals surface area contributed by atoms with Crippen molar-refractivity contribution in [2.24, 2.45) is 5.41 Å². The van der Waals surface area contributed by atoms with Crippen molar-refractivity contribution in [3.63, 3.8) is 0 Å². The molecule has 0 radical (unpaired) electrons. The van der Waals surface area contributed by atoms with E-state index in [0.717, 1.165) is 13.0 Å². The zero-order chi connectivity index (χ0) is 11.5. The van der Waals surface area contributed by atoms with Crippen LogP contribution in [0.3, 0.4) is 0 Å². The topological polar surface area (TPSA) is 40.5 Å². The van der Waals surface area contributed by atoms with Crippen LogP contribution < -0.4 is 0 Å². The predicted octanol–water partition coefficient (Wildman–Crippen LogP) is 2.36. The highest BCUT2D eigenvalue weighted by atomic mass is 16.4. The van der Waals surface area contributed by atoms with Gasteiger partial charge in [-0.2, -0.15) is 0 Å². The van der Waals surface area contributed by atoms with Crippen LogP contribution in [-0.2, 0) is 4.79 Å². The summed E-state index contributed by atoms with van der Waals surface area (Å²) in [5, 5.41) is 9.23. The molecule has 0 aromatic heterocycles. The maximum absolute atomic E-state index is 11.2. The highest BCUT2D eigenvalue weighted by Crippen LogP contribution is 2.28. The van der Waals surface area contributed by atoms with Crippen molar-refractivity contribution in [2.75, 3.05) is 13.1 Å². The fraction of sp³-hybridized carbons (Fsp3) is 0.917. The number of hydrogen-bond donors (Lipinski definition) is 1. The Morgan fingerprint density at radius 3 is 2.67 bits per heavy atom. The molecule has 1 N–H and O–H groups in total. The summed E-state index contributed by atoms with van der Waals surface area (Å²) < 4.78 is 0. The molecule has 1 saturated heterocycles. The first-order chi connectivity index (χ1) is 7.03. The molecule has 1 aliphatic rings. The van der Waals surface area contributed by atoms with Gasteiger partial charge in [0, 0.05) is 12.6 Å². The first kappa shape index (κ1) is 12.5.